The van der Waals surface area contributed by atoms with Gasteiger partial charge in [0.15, 0.2) is 5.69 Å². The lowest BCUT2D eigenvalue weighted by Gasteiger charge is -2.13. The van der Waals surface area contributed by atoms with Crippen molar-refractivity contribution in [1.82, 2.24) is 9.55 Å². The SMILES string of the molecule is O=c1cc(C(F)(F)F)ncn1-c1c(Cl)cc(SC(F)(F)F)cc1Cl. The minimum Gasteiger partial charge on any atom is -0.269 e. The van der Waals surface area contributed by atoms with Gasteiger partial charge in [-0.2, -0.15) is 26.3 Å². The monoisotopic (exact) mass is 408 g/mol. The Morgan fingerprint density at radius 2 is 1.54 bits per heavy atom. The van der Waals surface area contributed by atoms with Crippen molar-refractivity contribution in [2.45, 2.75) is 16.6 Å². The maximum Gasteiger partial charge on any atom is 0.446 e. The zero-order chi connectivity index (χ0) is 18.3. The van der Waals surface area contributed by atoms with Crippen LogP contribution >= 0.6 is 35.0 Å². The molecular weight excluding hydrogens is 405 g/mol. The third-order valence-electron chi connectivity index (χ3n) is 2.57. The van der Waals surface area contributed by atoms with Crippen LogP contribution in [-0.4, -0.2) is 15.1 Å². The van der Waals surface area contributed by atoms with Crippen LogP contribution in [0.15, 0.2) is 34.2 Å². The summed E-state index contributed by atoms with van der Waals surface area (Å²) in [6, 6.07) is 2.01. The Morgan fingerprint density at radius 3 is 1.96 bits per heavy atom. The van der Waals surface area contributed by atoms with Crippen molar-refractivity contribution in [2.24, 2.45) is 0 Å². The highest BCUT2D eigenvalue weighted by Gasteiger charge is 2.33. The molecule has 0 saturated carbocycles. The van der Waals surface area contributed by atoms with E-state index in [1.165, 1.54) is 0 Å². The molecule has 0 aliphatic heterocycles. The number of benzene rings is 1. The Labute approximate surface area is 144 Å². The van der Waals surface area contributed by atoms with Crippen LogP contribution < -0.4 is 5.56 Å². The Balaban J connectivity index is 2.52. The first-order valence-corrected chi connectivity index (χ1v) is 7.37. The van der Waals surface area contributed by atoms with Crippen LogP contribution in [0.5, 0.6) is 0 Å². The molecule has 0 radical (unpaired) electrons. The average Bonchev–Trinajstić information content (AvgIpc) is 2.36. The van der Waals surface area contributed by atoms with Gasteiger partial charge in [-0.05, 0) is 23.9 Å². The average molecular weight is 409 g/mol. The third-order valence-corrected chi connectivity index (χ3v) is 3.84. The van der Waals surface area contributed by atoms with Gasteiger partial charge < -0.3 is 0 Å². The second-order valence-electron chi connectivity index (χ2n) is 4.26. The molecule has 0 atom stereocenters. The Morgan fingerprint density at radius 1 is 1.00 bits per heavy atom. The molecule has 0 spiro atoms. The Kier molecular flexibility index (Phi) is 5.12. The van der Waals surface area contributed by atoms with Crippen molar-refractivity contribution in [2.75, 3.05) is 0 Å². The van der Waals surface area contributed by atoms with Gasteiger partial charge in [0, 0.05) is 11.0 Å². The highest BCUT2D eigenvalue weighted by atomic mass is 35.5. The van der Waals surface area contributed by atoms with Crippen LogP contribution in [0.25, 0.3) is 5.69 Å². The number of hydrogen-bond acceptors (Lipinski definition) is 3. The standard InChI is InChI=1S/C12H4Cl2F6N2OS/c13-6-1-5(24-12(18,19)20)2-7(14)10(6)22-4-21-8(3-9(22)23)11(15,16)17/h1-4H. The summed E-state index contributed by atoms with van der Waals surface area (Å²) in [6.07, 6.45) is -4.27. The number of rotatable bonds is 2. The zero-order valence-electron chi connectivity index (χ0n) is 11.0. The van der Waals surface area contributed by atoms with Crippen LogP contribution in [0.1, 0.15) is 5.69 Å². The molecule has 2 rings (SSSR count). The highest BCUT2D eigenvalue weighted by Crippen LogP contribution is 2.41. The van der Waals surface area contributed by atoms with Crippen LogP contribution in [0, 0.1) is 0 Å². The molecule has 0 saturated heterocycles. The lowest BCUT2D eigenvalue weighted by atomic mass is 10.3. The lowest BCUT2D eigenvalue weighted by Crippen LogP contribution is -2.22. The van der Waals surface area contributed by atoms with E-state index < -0.39 is 34.7 Å². The molecule has 0 fully saturated rings. The van der Waals surface area contributed by atoms with Gasteiger partial charge in [-0.15, -0.1) is 0 Å². The summed E-state index contributed by atoms with van der Waals surface area (Å²) in [7, 11) is 0. The number of aromatic nitrogens is 2. The van der Waals surface area contributed by atoms with E-state index in [0.29, 0.717) is 10.9 Å². The van der Waals surface area contributed by atoms with Crippen molar-refractivity contribution >= 4 is 35.0 Å². The van der Waals surface area contributed by atoms with Gasteiger partial charge in [0.1, 0.15) is 6.33 Å². The van der Waals surface area contributed by atoms with Crippen LogP contribution in [-0.2, 0) is 6.18 Å². The van der Waals surface area contributed by atoms with E-state index in [1.807, 2.05) is 0 Å². The molecule has 0 unspecified atom stereocenters. The number of hydrogen-bond donors (Lipinski definition) is 0. The molecule has 24 heavy (non-hydrogen) atoms. The van der Waals surface area contributed by atoms with E-state index >= 15 is 0 Å². The molecule has 3 nitrogen and oxygen atoms in total. The molecule has 1 aromatic carbocycles. The van der Waals surface area contributed by atoms with Crippen LogP contribution in [0.2, 0.25) is 10.0 Å². The van der Waals surface area contributed by atoms with Crippen LogP contribution in [0.4, 0.5) is 26.3 Å². The number of halogens is 8. The number of nitrogens with zero attached hydrogens (tertiary/aromatic N) is 2. The fourth-order valence-electron chi connectivity index (χ4n) is 1.69. The van der Waals surface area contributed by atoms with Gasteiger partial charge in [-0.25, -0.2) is 4.98 Å². The van der Waals surface area contributed by atoms with E-state index in [2.05, 4.69) is 4.98 Å². The topological polar surface area (TPSA) is 34.9 Å². The van der Waals surface area contributed by atoms with Crippen molar-refractivity contribution in [1.29, 1.82) is 0 Å². The summed E-state index contributed by atoms with van der Waals surface area (Å²) in [5, 5.41) is -0.698. The summed E-state index contributed by atoms with van der Waals surface area (Å²) < 4.78 is 75.2. The van der Waals surface area contributed by atoms with E-state index in [-0.39, 0.29) is 26.7 Å². The quantitative estimate of drug-likeness (QED) is 0.507. The fourth-order valence-corrected chi connectivity index (χ4v) is 3.11. The van der Waals surface area contributed by atoms with Gasteiger partial charge in [0.05, 0.1) is 15.7 Å². The number of thioether (sulfide) groups is 1. The first-order valence-electron chi connectivity index (χ1n) is 5.79. The predicted molar refractivity (Wildman–Crippen MR) is 76.8 cm³/mol. The molecule has 0 N–H and O–H groups in total. The highest BCUT2D eigenvalue weighted by molar-refractivity contribution is 8.00. The molecular formula is C12H4Cl2F6N2OS. The first kappa shape index (κ1) is 18.9. The van der Waals surface area contributed by atoms with Gasteiger partial charge in [-0.3, -0.25) is 9.36 Å². The number of alkyl halides is 6. The second kappa shape index (κ2) is 6.49. The Hall–Kier alpha value is -1.39. The molecule has 2 aromatic rings. The minimum atomic E-state index is -4.82. The fraction of sp³-hybridized carbons (Fsp3) is 0.167. The van der Waals surface area contributed by atoms with E-state index in [4.69, 9.17) is 23.2 Å². The van der Waals surface area contributed by atoms with Crippen molar-refractivity contribution < 1.29 is 26.3 Å². The maximum atomic E-state index is 12.5. The molecule has 1 heterocycles. The smallest absolute Gasteiger partial charge is 0.269 e. The van der Waals surface area contributed by atoms with Gasteiger partial charge >= 0.3 is 11.7 Å². The largest absolute Gasteiger partial charge is 0.446 e. The van der Waals surface area contributed by atoms with Crippen LogP contribution in [0.3, 0.4) is 0 Å². The molecule has 130 valence electrons. The van der Waals surface area contributed by atoms with E-state index in [9.17, 15) is 31.1 Å². The normalized spacial score (nSPS) is 12.5. The third kappa shape index (κ3) is 4.37. The van der Waals surface area contributed by atoms with Gasteiger partial charge in [0.25, 0.3) is 5.56 Å². The zero-order valence-corrected chi connectivity index (χ0v) is 13.4. The second-order valence-corrected chi connectivity index (χ2v) is 6.22. The molecule has 0 bridgehead atoms. The lowest BCUT2D eigenvalue weighted by molar-refractivity contribution is -0.141. The maximum absolute atomic E-state index is 12.5. The van der Waals surface area contributed by atoms with E-state index in [0.717, 1.165) is 12.1 Å². The first-order chi connectivity index (χ1) is 10.9. The molecule has 12 heteroatoms. The summed E-state index contributed by atoms with van der Waals surface area (Å²) in [4.78, 5) is 14.6. The molecule has 0 aliphatic carbocycles. The van der Waals surface area contributed by atoms with Gasteiger partial charge in [-0.1, -0.05) is 23.2 Å². The predicted octanol–water partition coefficient (Wildman–Crippen LogP) is 5.17. The molecule has 0 amide bonds. The van der Waals surface area contributed by atoms with Crippen molar-refractivity contribution in [3.8, 4) is 5.69 Å². The Bertz CT molecular complexity index is 811. The summed E-state index contributed by atoms with van der Waals surface area (Å²) >= 11 is 11.2. The summed E-state index contributed by atoms with van der Waals surface area (Å²) in [6.45, 7) is 0. The summed E-state index contributed by atoms with van der Waals surface area (Å²) in [5.74, 6) is 0. The summed E-state index contributed by atoms with van der Waals surface area (Å²) in [5.41, 5.74) is -7.41. The van der Waals surface area contributed by atoms with Crippen molar-refractivity contribution in [3.05, 3.63) is 50.6 Å². The van der Waals surface area contributed by atoms with E-state index in [1.54, 1.807) is 0 Å². The molecule has 0 aliphatic rings. The van der Waals surface area contributed by atoms with Gasteiger partial charge in [0.2, 0.25) is 0 Å². The minimum absolute atomic E-state index is 0.227. The van der Waals surface area contributed by atoms with Crippen molar-refractivity contribution in [3.63, 3.8) is 0 Å². The molecule has 1 aromatic heterocycles.